The first-order valence-electron chi connectivity index (χ1n) is 8.41. The minimum absolute atomic E-state index is 0.0360. The lowest BCUT2D eigenvalue weighted by Crippen LogP contribution is -2.35. The van der Waals surface area contributed by atoms with Crippen molar-refractivity contribution in [1.29, 1.82) is 0 Å². The highest BCUT2D eigenvalue weighted by Crippen LogP contribution is 2.37. The number of aromatic nitrogens is 2. The number of hydrogen-bond donors (Lipinski definition) is 0. The predicted octanol–water partition coefficient (Wildman–Crippen LogP) is 4.90. The summed E-state index contributed by atoms with van der Waals surface area (Å²) in [6.45, 7) is 4.63. The summed E-state index contributed by atoms with van der Waals surface area (Å²) < 4.78 is 1.83. The fourth-order valence-electron chi connectivity index (χ4n) is 3.21. The van der Waals surface area contributed by atoms with Gasteiger partial charge in [-0.05, 0) is 43.7 Å². The largest absolute Gasteiger partial charge is 0.306 e. The maximum atomic E-state index is 13.2. The van der Waals surface area contributed by atoms with Gasteiger partial charge in [-0.15, -0.1) is 11.8 Å². The van der Waals surface area contributed by atoms with Crippen molar-refractivity contribution >= 4 is 35.0 Å². The second kappa shape index (κ2) is 6.82. The van der Waals surface area contributed by atoms with Crippen LogP contribution in [0.2, 0.25) is 5.02 Å². The Morgan fingerprint density at radius 3 is 2.77 bits per heavy atom. The van der Waals surface area contributed by atoms with Crippen LogP contribution in [0.5, 0.6) is 0 Å². The van der Waals surface area contributed by atoms with E-state index in [0.29, 0.717) is 17.1 Å². The summed E-state index contributed by atoms with van der Waals surface area (Å²) in [5.74, 6) is 0.830. The molecule has 0 aliphatic carbocycles. The summed E-state index contributed by atoms with van der Waals surface area (Å²) in [7, 11) is 0. The van der Waals surface area contributed by atoms with Gasteiger partial charge in [-0.2, -0.15) is 5.10 Å². The molecular weight excluding hydrogens is 366 g/mol. The first-order valence-corrected chi connectivity index (χ1v) is 9.77. The molecule has 2 heterocycles. The van der Waals surface area contributed by atoms with Gasteiger partial charge in [0, 0.05) is 22.2 Å². The molecule has 0 unspecified atom stereocenters. The van der Waals surface area contributed by atoms with E-state index in [-0.39, 0.29) is 5.91 Å². The van der Waals surface area contributed by atoms with Crippen LogP contribution in [0.1, 0.15) is 21.6 Å². The third kappa shape index (κ3) is 2.91. The highest BCUT2D eigenvalue weighted by Gasteiger charge is 2.27. The molecule has 0 atom stereocenters. The van der Waals surface area contributed by atoms with Crippen molar-refractivity contribution in [2.45, 2.75) is 18.7 Å². The van der Waals surface area contributed by atoms with E-state index in [4.69, 9.17) is 11.6 Å². The van der Waals surface area contributed by atoms with Gasteiger partial charge in [-0.1, -0.05) is 29.8 Å². The van der Waals surface area contributed by atoms with Crippen molar-refractivity contribution in [3.63, 3.8) is 0 Å². The van der Waals surface area contributed by atoms with Crippen molar-refractivity contribution in [2.24, 2.45) is 0 Å². The van der Waals surface area contributed by atoms with E-state index in [1.165, 1.54) is 0 Å². The Bertz CT molecular complexity index is 998. The summed E-state index contributed by atoms with van der Waals surface area (Å²) in [6.07, 6.45) is 1.66. The van der Waals surface area contributed by atoms with E-state index in [1.54, 1.807) is 18.0 Å². The number of fused-ring (bicyclic) bond motifs is 1. The van der Waals surface area contributed by atoms with Crippen molar-refractivity contribution in [2.75, 3.05) is 17.2 Å². The monoisotopic (exact) mass is 383 g/mol. The van der Waals surface area contributed by atoms with Gasteiger partial charge >= 0.3 is 0 Å². The molecule has 2 aromatic carbocycles. The Hall–Kier alpha value is -2.24. The molecule has 132 valence electrons. The molecule has 6 heteroatoms. The fourth-order valence-corrected chi connectivity index (χ4v) is 4.35. The van der Waals surface area contributed by atoms with Crippen LogP contribution in [0.15, 0.2) is 53.6 Å². The van der Waals surface area contributed by atoms with Crippen molar-refractivity contribution < 1.29 is 4.79 Å². The zero-order valence-electron chi connectivity index (χ0n) is 14.6. The van der Waals surface area contributed by atoms with Crippen LogP contribution < -0.4 is 4.90 Å². The molecular formula is C20H18ClN3OS. The van der Waals surface area contributed by atoms with Crippen molar-refractivity contribution in [3.05, 3.63) is 70.5 Å². The first kappa shape index (κ1) is 17.2. The Morgan fingerprint density at radius 2 is 1.96 bits per heavy atom. The smallest absolute Gasteiger partial charge is 0.261 e. The van der Waals surface area contributed by atoms with Crippen LogP contribution in [0.3, 0.4) is 0 Å². The maximum Gasteiger partial charge on any atom is 0.261 e. The van der Waals surface area contributed by atoms with Crippen molar-refractivity contribution in [1.82, 2.24) is 9.78 Å². The number of amides is 1. The third-order valence-corrected chi connectivity index (χ3v) is 5.89. The number of rotatable bonds is 2. The van der Waals surface area contributed by atoms with E-state index in [1.807, 2.05) is 65.9 Å². The molecule has 0 radical (unpaired) electrons. The van der Waals surface area contributed by atoms with Crippen LogP contribution in [-0.4, -0.2) is 28.0 Å². The fraction of sp³-hybridized carbons (Fsp3) is 0.200. The number of anilines is 1. The molecule has 3 aromatic rings. The van der Waals surface area contributed by atoms with Gasteiger partial charge in [0.15, 0.2) is 0 Å². The molecule has 4 nitrogen and oxygen atoms in total. The molecule has 0 saturated heterocycles. The zero-order chi connectivity index (χ0) is 18.3. The summed E-state index contributed by atoms with van der Waals surface area (Å²) in [6, 6.07) is 13.7. The number of para-hydroxylation sites is 1. The normalized spacial score (nSPS) is 13.6. The topological polar surface area (TPSA) is 38.1 Å². The minimum atomic E-state index is -0.0360. The van der Waals surface area contributed by atoms with Gasteiger partial charge in [0.2, 0.25) is 0 Å². The van der Waals surface area contributed by atoms with E-state index < -0.39 is 0 Å². The lowest BCUT2D eigenvalue weighted by atomic mass is 10.1. The molecule has 1 aromatic heterocycles. The van der Waals surface area contributed by atoms with Gasteiger partial charge in [-0.25, -0.2) is 4.68 Å². The third-order valence-electron chi connectivity index (χ3n) is 4.61. The number of benzene rings is 2. The maximum absolute atomic E-state index is 13.2. The number of aryl methyl sites for hydroxylation is 1. The molecule has 0 spiro atoms. The highest BCUT2D eigenvalue weighted by atomic mass is 35.5. The Balaban J connectivity index is 1.73. The van der Waals surface area contributed by atoms with Crippen LogP contribution in [0.25, 0.3) is 5.69 Å². The van der Waals surface area contributed by atoms with E-state index in [2.05, 4.69) is 5.10 Å². The standard InChI is InChI=1S/C20H18ClN3OS/c1-13-5-3-4-6-17(13)24-14(2)16(12-22-24)20(25)23-9-10-26-19-8-7-15(21)11-18(19)23/h3-8,11-12H,9-10H2,1-2H3. The summed E-state index contributed by atoms with van der Waals surface area (Å²) in [5, 5.41) is 5.11. The summed E-state index contributed by atoms with van der Waals surface area (Å²) >= 11 is 7.91. The van der Waals surface area contributed by atoms with Crippen LogP contribution in [-0.2, 0) is 0 Å². The molecule has 0 bridgehead atoms. The minimum Gasteiger partial charge on any atom is -0.306 e. The van der Waals surface area contributed by atoms with Gasteiger partial charge in [0.05, 0.1) is 28.8 Å². The Kier molecular flexibility index (Phi) is 4.51. The lowest BCUT2D eigenvalue weighted by Gasteiger charge is -2.29. The summed E-state index contributed by atoms with van der Waals surface area (Å²) in [5.41, 5.74) is 4.44. The van der Waals surface area contributed by atoms with Crippen molar-refractivity contribution in [3.8, 4) is 5.69 Å². The zero-order valence-corrected chi connectivity index (χ0v) is 16.1. The molecule has 1 amide bonds. The molecule has 26 heavy (non-hydrogen) atoms. The second-order valence-corrected chi connectivity index (χ2v) is 7.83. The van der Waals surface area contributed by atoms with Gasteiger partial charge in [0.25, 0.3) is 5.91 Å². The summed E-state index contributed by atoms with van der Waals surface area (Å²) in [4.78, 5) is 16.1. The van der Waals surface area contributed by atoms with Gasteiger partial charge in [0.1, 0.15) is 0 Å². The molecule has 0 saturated carbocycles. The Morgan fingerprint density at radius 1 is 1.15 bits per heavy atom. The van der Waals surface area contributed by atoms with E-state index in [9.17, 15) is 4.79 Å². The molecule has 1 aliphatic rings. The second-order valence-electron chi connectivity index (χ2n) is 6.26. The van der Waals surface area contributed by atoms with E-state index >= 15 is 0 Å². The molecule has 0 fully saturated rings. The lowest BCUT2D eigenvalue weighted by molar-refractivity contribution is 0.0987. The Labute approximate surface area is 161 Å². The number of hydrogen-bond acceptors (Lipinski definition) is 3. The van der Waals surface area contributed by atoms with E-state index in [0.717, 1.165) is 33.3 Å². The number of nitrogens with zero attached hydrogens (tertiary/aromatic N) is 3. The quantitative estimate of drug-likeness (QED) is 0.632. The predicted molar refractivity (Wildman–Crippen MR) is 107 cm³/mol. The average Bonchev–Trinajstić information content (AvgIpc) is 3.02. The van der Waals surface area contributed by atoms with Crippen LogP contribution in [0.4, 0.5) is 5.69 Å². The number of halogens is 1. The molecule has 1 aliphatic heterocycles. The number of thioether (sulfide) groups is 1. The SMILES string of the molecule is Cc1ccccc1-n1ncc(C(=O)N2CCSc3ccc(Cl)cc32)c1C. The number of carbonyl (C=O) groups is 1. The first-order chi connectivity index (χ1) is 12.6. The van der Waals surface area contributed by atoms with Gasteiger partial charge in [-0.3, -0.25) is 4.79 Å². The molecule has 4 rings (SSSR count). The average molecular weight is 384 g/mol. The number of carbonyl (C=O) groups excluding carboxylic acids is 1. The molecule has 0 N–H and O–H groups in total. The van der Waals surface area contributed by atoms with Gasteiger partial charge < -0.3 is 4.90 Å². The van der Waals surface area contributed by atoms with Crippen LogP contribution in [0, 0.1) is 13.8 Å². The highest BCUT2D eigenvalue weighted by molar-refractivity contribution is 7.99. The van der Waals surface area contributed by atoms with Crippen LogP contribution >= 0.6 is 23.4 Å².